The Morgan fingerprint density at radius 1 is 1.44 bits per heavy atom. The number of carboxylic acids is 1. The summed E-state index contributed by atoms with van der Waals surface area (Å²) in [6.07, 6.45) is 6.58. The molecule has 1 saturated carbocycles. The van der Waals surface area contributed by atoms with E-state index in [1.807, 2.05) is 37.4 Å². The minimum absolute atomic E-state index is 0.621. The molecule has 0 atom stereocenters. The number of hydrogen-bond acceptors (Lipinski definition) is 2. The monoisotopic (exact) mass is 245 g/mol. The molecule has 0 bridgehead atoms. The maximum Gasteiger partial charge on any atom is 0.314 e. The third-order valence-electron chi connectivity index (χ3n) is 3.49. The molecule has 96 valence electrons. The van der Waals surface area contributed by atoms with Gasteiger partial charge in [0.05, 0.1) is 5.41 Å². The van der Waals surface area contributed by atoms with Gasteiger partial charge < -0.3 is 10.4 Å². The molecule has 1 aliphatic carbocycles. The smallest absolute Gasteiger partial charge is 0.314 e. The summed E-state index contributed by atoms with van der Waals surface area (Å²) in [7, 11) is 1.92. The van der Waals surface area contributed by atoms with Gasteiger partial charge >= 0.3 is 5.97 Å². The summed E-state index contributed by atoms with van der Waals surface area (Å²) in [6, 6.07) is 7.82. The van der Waals surface area contributed by atoms with Gasteiger partial charge in [0.1, 0.15) is 0 Å². The lowest BCUT2D eigenvalue weighted by Crippen LogP contribution is -2.20. The van der Waals surface area contributed by atoms with Crippen LogP contribution in [0.15, 0.2) is 30.3 Å². The Hall–Kier alpha value is -1.61. The maximum atomic E-state index is 11.4. The van der Waals surface area contributed by atoms with Gasteiger partial charge in [-0.05, 0) is 44.0 Å². The van der Waals surface area contributed by atoms with Crippen LogP contribution in [0.3, 0.4) is 0 Å². The summed E-state index contributed by atoms with van der Waals surface area (Å²) in [5, 5.41) is 12.4. The van der Waals surface area contributed by atoms with Crippen LogP contribution in [0.25, 0.3) is 6.08 Å². The lowest BCUT2D eigenvalue weighted by atomic mass is 9.91. The van der Waals surface area contributed by atoms with Crippen molar-refractivity contribution in [3.63, 3.8) is 0 Å². The van der Waals surface area contributed by atoms with Crippen molar-refractivity contribution in [1.29, 1.82) is 0 Å². The maximum absolute atomic E-state index is 11.4. The van der Waals surface area contributed by atoms with Crippen molar-refractivity contribution in [1.82, 2.24) is 5.32 Å². The highest BCUT2D eigenvalue weighted by molar-refractivity contribution is 5.86. The van der Waals surface area contributed by atoms with Gasteiger partial charge in [0, 0.05) is 0 Å². The summed E-state index contributed by atoms with van der Waals surface area (Å²) in [4.78, 5) is 11.4. The van der Waals surface area contributed by atoms with E-state index < -0.39 is 11.4 Å². The molecular weight excluding hydrogens is 226 g/mol. The van der Waals surface area contributed by atoms with Gasteiger partial charge in [0.2, 0.25) is 0 Å². The van der Waals surface area contributed by atoms with Crippen LogP contribution in [-0.2, 0) is 10.2 Å². The Bertz CT molecular complexity index is 461. The molecule has 0 amide bonds. The van der Waals surface area contributed by atoms with Crippen molar-refractivity contribution in [2.45, 2.75) is 24.7 Å². The topological polar surface area (TPSA) is 49.3 Å². The van der Waals surface area contributed by atoms with Crippen LogP contribution in [0.2, 0.25) is 0 Å². The molecule has 0 heterocycles. The number of carboxylic acid groups (broad SMARTS) is 1. The van der Waals surface area contributed by atoms with E-state index in [4.69, 9.17) is 0 Å². The fourth-order valence-electron chi connectivity index (χ4n) is 2.24. The lowest BCUT2D eigenvalue weighted by molar-refractivity contribution is -0.140. The van der Waals surface area contributed by atoms with Gasteiger partial charge in [-0.2, -0.15) is 0 Å². The first-order valence-electron chi connectivity index (χ1n) is 6.35. The number of benzene rings is 1. The first kappa shape index (κ1) is 12.8. The zero-order valence-corrected chi connectivity index (χ0v) is 10.6. The van der Waals surface area contributed by atoms with Gasteiger partial charge in [-0.1, -0.05) is 36.4 Å². The number of hydrogen-bond donors (Lipinski definition) is 2. The summed E-state index contributed by atoms with van der Waals surface area (Å²) < 4.78 is 0. The molecule has 0 aliphatic heterocycles. The Morgan fingerprint density at radius 3 is 2.78 bits per heavy atom. The zero-order chi connectivity index (χ0) is 13.0. The molecule has 0 unspecified atom stereocenters. The van der Waals surface area contributed by atoms with Crippen LogP contribution in [0, 0.1) is 0 Å². The molecular formula is C15H19NO2. The van der Waals surface area contributed by atoms with E-state index in [0.717, 1.165) is 36.9 Å². The predicted molar refractivity (Wildman–Crippen MR) is 72.6 cm³/mol. The molecule has 0 saturated heterocycles. The molecule has 1 fully saturated rings. The SMILES string of the molecule is CNCCC=Cc1ccccc1C1(C(=O)O)CC1. The van der Waals surface area contributed by atoms with Gasteiger partial charge in [-0.25, -0.2) is 0 Å². The summed E-state index contributed by atoms with van der Waals surface area (Å²) >= 11 is 0. The summed E-state index contributed by atoms with van der Waals surface area (Å²) in [5.74, 6) is -0.696. The van der Waals surface area contributed by atoms with Crippen molar-refractivity contribution in [3.05, 3.63) is 41.5 Å². The highest BCUT2D eigenvalue weighted by Gasteiger charge is 2.52. The van der Waals surface area contributed by atoms with E-state index in [2.05, 4.69) is 11.4 Å². The highest BCUT2D eigenvalue weighted by Crippen LogP contribution is 2.49. The highest BCUT2D eigenvalue weighted by atomic mass is 16.4. The molecule has 1 aromatic rings. The van der Waals surface area contributed by atoms with Gasteiger partial charge in [-0.15, -0.1) is 0 Å². The second kappa shape index (κ2) is 5.36. The second-order valence-corrected chi connectivity index (χ2v) is 4.77. The van der Waals surface area contributed by atoms with Crippen molar-refractivity contribution < 1.29 is 9.90 Å². The second-order valence-electron chi connectivity index (χ2n) is 4.77. The number of nitrogens with one attached hydrogen (secondary N) is 1. The molecule has 1 aliphatic rings. The average Bonchev–Trinajstić information content (AvgIpc) is 3.16. The Morgan fingerprint density at radius 2 is 2.17 bits per heavy atom. The lowest BCUT2D eigenvalue weighted by Gasteiger charge is -2.13. The fourth-order valence-corrected chi connectivity index (χ4v) is 2.24. The Kier molecular flexibility index (Phi) is 3.82. The van der Waals surface area contributed by atoms with Crippen molar-refractivity contribution in [3.8, 4) is 0 Å². The van der Waals surface area contributed by atoms with Crippen molar-refractivity contribution >= 4 is 12.0 Å². The van der Waals surface area contributed by atoms with Crippen LogP contribution >= 0.6 is 0 Å². The van der Waals surface area contributed by atoms with Gasteiger partial charge in [-0.3, -0.25) is 4.79 Å². The number of carbonyl (C=O) groups is 1. The van der Waals surface area contributed by atoms with E-state index in [1.54, 1.807) is 0 Å². The Labute approximate surface area is 108 Å². The molecule has 0 spiro atoms. The van der Waals surface area contributed by atoms with Crippen LogP contribution in [0.1, 0.15) is 30.4 Å². The fraction of sp³-hybridized carbons (Fsp3) is 0.400. The van der Waals surface area contributed by atoms with Crippen molar-refractivity contribution in [2.24, 2.45) is 0 Å². The van der Waals surface area contributed by atoms with Crippen LogP contribution in [0.4, 0.5) is 0 Å². The van der Waals surface area contributed by atoms with E-state index in [0.29, 0.717) is 0 Å². The van der Waals surface area contributed by atoms with Crippen LogP contribution in [0.5, 0.6) is 0 Å². The number of aliphatic carboxylic acids is 1. The standard InChI is InChI=1S/C15H19NO2/c1-16-11-5-4-7-12-6-2-3-8-13(12)15(9-10-15)14(17)18/h2-4,6-8,16H,5,9-11H2,1H3,(H,17,18). The van der Waals surface area contributed by atoms with E-state index >= 15 is 0 Å². The first-order chi connectivity index (χ1) is 8.70. The quantitative estimate of drug-likeness (QED) is 0.757. The average molecular weight is 245 g/mol. The largest absolute Gasteiger partial charge is 0.481 e. The van der Waals surface area contributed by atoms with Gasteiger partial charge in [0.15, 0.2) is 0 Å². The third-order valence-corrected chi connectivity index (χ3v) is 3.49. The third kappa shape index (κ3) is 2.46. The minimum atomic E-state index is -0.696. The summed E-state index contributed by atoms with van der Waals surface area (Å²) in [6.45, 7) is 0.933. The van der Waals surface area contributed by atoms with E-state index in [1.165, 1.54) is 0 Å². The van der Waals surface area contributed by atoms with Crippen LogP contribution < -0.4 is 5.32 Å². The molecule has 0 radical (unpaired) electrons. The molecule has 1 aromatic carbocycles. The predicted octanol–water partition coefficient (Wildman–Crippen LogP) is 2.43. The minimum Gasteiger partial charge on any atom is -0.481 e. The van der Waals surface area contributed by atoms with Crippen molar-refractivity contribution in [2.75, 3.05) is 13.6 Å². The molecule has 3 heteroatoms. The first-order valence-corrected chi connectivity index (χ1v) is 6.35. The molecule has 18 heavy (non-hydrogen) atoms. The van der Waals surface area contributed by atoms with Crippen LogP contribution in [-0.4, -0.2) is 24.7 Å². The molecule has 2 rings (SSSR count). The van der Waals surface area contributed by atoms with Gasteiger partial charge in [0.25, 0.3) is 0 Å². The van der Waals surface area contributed by atoms with E-state index in [9.17, 15) is 9.90 Å². The molecule has 2 N–H and O–H groups in total. The molecule has 0 aromatic heterocycles. The molecule has 3 nitrogen and oxygen atoms in total. The number of rotatable bonds is 6. The van der Waals surface area contributed by atoms with E-state index in [-0.39, 0.29) is 0 Å². The Balaban J connectivity index is 2.21. The summed E-state index contributed by atoms with van der Waals surface area (Å²) in [5.41, 5.74) is 1.37. The zero-order valence-electron chi connectivity index (χ0n) is 10.6. The normalized spacial score (nSPS) is 16.9.